The summed E-state index contributed by atoms with van der Waals surface area (Å²) in [4.78, 5) is 18.6. The van der Waals surface area contributed by atoms with Crippen LogP contribution < -0.4 is 16.0 Å². The van der Waals surface area contributed by atoms with Crippen molar-refractivity contribution < 1.29 is 4.79 Å². The van der Waals surface area contributed by atoms with Crippen molar-refractivity contribution in [1.82, 2.24) is 20.9 Å². The SMILES string of the molecule is CN=C(NCCc1cccc(C(=O)NC)c1)NCc1ccc(CN2CCCCC2)cc1. The Labute approximate surface area is 186 Å². The fraction of sp³-hybridized carbons (Fsp3) is 0.440. The Balaban J connectivity index is 1.41. The van der Waals surface area contributed by atoms with Crippen LogP contribution in [0, 0.1) is 0 Å². The molecule has 0 atom stereocenters. The molecule has 6 nitrogen and oxygen atoms in total. The van der Waals surface area contributed by atoms with Gasteiger partial charge in [-0.2, -0.15) is 0 Å². The van der Waals surface area contributed by atoms with Gasteiger partial charge in [-0.25, -0.2) is 0 Å². The van der Waals surface area contributed by atoms with Gasteiger partial charge in [0.05, 0.1) is 0 Å². The van der Waals surface area contributed by atoms with E-state index in [2.05, 4.69) is 50.1 Å². The van der Waals surface area contributed by atoms with Crippen LogP contribution in [0.2, 0.25) is 0 Å². The highest BCUT2D eigenvalue weighted by Gasteiger charge is 2.10. The van der Waals surface area contributed by atoms with Crippen molar-refractivity contribution in [2.45, 2.75) is 38.8 Å². The van der Waals surface area contributed by atoms with Gasteiger partial charge in [-0.3, -0.25) is 14.7 Å². The maximum Gasteiger partial charge on any atom is 0.251 e. The first-order valence-electron chi connectivity index (χ1n) is 11.2. The average Bonchev–Trinajstić information content (AvgIpc) is 2.82. The number of nitrogens with zero attached hydrogens (tertiary/aromatic N) is 2. The lowest BCUT2D eigenvalue weighted by molar-refractivity contribution is 0.0963. The molecular formula is C25H35N5O. The van der Waals surface area contributed by atoms with Gasteiger partial charge in [0.15, 0.2) is 5.96 Å². The molecule has 1 saturated heterocycles. The van der Waals surface area contributed by atoms with Crippen molar-refractivity contribution in [3.63, 3.8) is 0 Å². The number of rotatable bonds is 8. The lowest BCUT2D eigenvalue weighted by atomic mass is 10.1. The molecule has 2 aromatic carbocycles. The number of likely N-dealkylation sites (tertiary alicyclic amines) is 1. The molecule has 0 radical (unpaired) electrons. The summed E-state index contributed by atoms with van der Waals surface area (Å²) in [7, 11) is 3.43. The zero-order valence-electron chi connectivity index (χ0n) is 18.8. The van der Waals surface area contributed by atoms with Gasteiger partial charge in [-0.05, 0) is 61.2 Å². The van der Waals surface area contributed by atoms with Crippen LogP contribution in [0.4, 0.5) is 0 Å². The quantitative estimate of drug-likeness (QED) is 0.453. The van der Waals surface area contributed by atoms with Crippen molar-refractivity contribution >= 4 is 11.9 Å². The van der Waals surface area contributed by atoms with E-state index in [4.69, 9.17) is 0 Å². The Kier molecular flexibility index (Phi) is 8.91. The Morgan fingerprint density at radius 2 is 1.71 bits per heavy atom. The molecule has 3 N–H and O–H groups in total. The maximum absolute atomic E-state index is 11.8. The molecule has 0 unspecified atom stereocenters. The van der Waals surface area contributed by atoms with E-state index in [1.54, 1.807) is 14.1 Å². The summed E-state index contributed by atoms with van der Waals surface area (Å²) in [6.45, 7) is 4.97. The first-order chi connectivity index (χ1) is 15.2. The lowest BCUT2D eigenvalue weighted by Gasteiger charge is -2.26. The summed E-state index contributed by atoms with van der Waals surface area (Å²) in [6.07, 6.45) is 4.84. The normalized spacial score (nSPS) is 14.8. The van der Waals surface area contributed by atoms with Crippen LogP contribution in [0.3, 0.4) is 0 Å². The number of hydrogen-bond donors (Lipinski definition) is 3. The number of benzene rings is 2. The molecule has 1 aliphatic rings. The van der Waals surface area contributed by atoms with Crippen molar-refractivity contribution in [3.8, 4) is 0 Å². The van der Waals surface area contributed by atoms with E-state index in [9.17, 15) is 4.79 Å². The Hall–Kier alpha value is -2.86. The Morgan fingerprint density at radius 1 is 0.968 bits per heavy atom. The average molecular weight is 422 g/mol. The number of guanidine groups is 1. The fourth-order valence-electron chi connectivity index (χ4n) is 3.88. The first-order valence-corrected chi connectivity index (χ1v) is 11.2. The van der Waals surface area contributed by atoms with Crippen molar-refractivity contribution in [2.24, 2.45) is 4.99 Å². The molecule has 1 fully saturated rings. The number of carbonyl (C=O) groups excluding carboxylic acids is 1. The van der Waals surface area contributed by atoms with E-state index in [1.807, 2.05) is 24.3 Å². The molecule has 0 spiro atoms. The molecule has 1 amide bonds. The molecule has 0 aromatic heterocycles. The van der Waals surface area contributed by atoms with Crippen molar-refractivity contribution in [3.05, 3.63) is 70.8 Å². The molecule has 0 aliphatic carbocycles. The smallest absolute Gasteiger partial charge is 0.251 e. The highest BCUT2D eigenvalue weighted by Crippen LogP contribution is 2.13. The summed E-state index contributed by atoms with van der Waals surface area (Å²) in [5.41, 5.74) is 4.43. The van der Waals surface area contributed by atoms with Crippen LogP contribution in [-0.2, 0) is 19.5 Å². The van der Waals surface area contributed by atoms with Gasteiger partial charge in [0, 0.05) is 39.3 Å². The number of piperidine rings is 1. The molecule has 0 bridgehead atoms. The van der Waals surface area contributed by atoms with E-state index in [-0.39, 0.29) is 5.91 Å². The minimum Gasteiger partial charge on any atom is -0.356 e. The summed E-state index contributed by atoms with van der Waals surface area (Å²) in [6, 6.07) is 16.6. The third kappa shape index (κ3) is 7.40. The predicted octanol–water partition coefficient (Wildman–Crippen LogP) is 2.94. The minimum absolute atomic E-state index is 0.0609. The molecular weight excluding hydrogens is 386 g/mol. The second-order valence-electron chi connectivity index (χ2n) is 8.04. The second-order valence-corrected chi connectivity index (χ2v) is 8.04. The molecule has 2 aromatic rings. The predicted molar refractivity (Wildman–Crippen MR) is 127 cm³/mol. The van der Waals surface area contributed by atoms with Crippen molar-refractivity contribution in [2.75, 3.05) is 33.7 Å². The first kappa shape index (κ1) is 22.8. The molecule has 1 aliphatic heterocycles. The Bertz CT molecular complexity index is 856. The summed E-state index contributed by atoms with van der Waals surface area (Å²) >= 11 is 0. The highest BCUT2D eigenvalue weighted by atomic mass is 16.1. The second kappa shape index (κ2) is 12.1. The van der Waals surface area contributed by atoms with Gasteiger partial charge in [-0.15, -0.1) is 0 Å². The Morgan fingerprint density at radius 3 is 2.42 bits per heavy atom. The number of nitrogens with one attached hydrogen (secondary N) is 3. The van der Waals surface area contributed by atoms with Gasteiger partial charge in [0.25, 0.3) is 5.91 Å². The van der Waals surface area contributed by atoms with Gasteiger partial charge in [0.2, 0.25) is 0 Å². The molecule has 31 heavy (non-hydrogen) atoms. The van der Waals surface area contributed by atoms with Gasteiger partial charge >= 0.3 is 0 Å². The summed E-state index contributed by atoms with van der Waals surface area (Å²) in [5, 5.41) is 9.39. The fourth-order valence-corrected chi connectivity index (χ4v) is 3.88. The molecule has 1 heterocycles. The van der Waals surface area contributed by atoms with Gasteiger partial charge < -0.3 is 16.0 Å². The van der Waals surface area contributed by atoms with Crippen LogP contribution in [0.1, 0.15) is 46.3 Å². The summed E-state index contributed by atoms with van der Waals surface area (Å²) < 4.78 is 0. The maximum atomic E-state index is 11.8. The van der Waals surface area contributed by atoms with Crippen LogP contribution in [0.5, 0.6) is 0 Å². The minimum atomic E-state index is -0.0609. The van der Waals surface area contributed by atoms with E-state index in [1.165, 1.54) is 43.5 Å². The third-order valence-corrected chi connectivity index (χ3v) is 5.68. The van der Waals surface area contributed by atoms with Crippen LogP contribution in [-0.4, -0.2) is 50.5 Å². The van der Waals surface area contributed by atoms with Crippen LogP contribution in [0.15, 0.2) is 53.5 Å². The van der Waals surface area contributed by atoms with Gasteiger partial charge in [0.1, 0.15) is 0 Å². The number of amides is 1. The lowest BCUT2D eigenvalue weighted by Crippen LogP contribution is -2.37. The molecule has 166 valence electrons. The van der Waals surface area contributed by atoms with Crippen LogP contribution >= 0.6 is 0 Å². The largest absolute Gasteiger partial charge is 0.356 e. The van der Waals surface area contributed by atoms with E-state index in [0.29, 0.717) is 5.56 Å². The monoisotopic (exact) mass is 421 g/mol. The topological polar surface area (TPSA) is 68.8 Å². The van der Waals surface area contributed by atoms with E-state index < -0.39 is 0 Å². The highest BCUT2D eigenvalue weighted by molar-refractivity contribution is 5.94. The number of aliphatic imine (C=N–C) groups is 1. The summed E-state index contributed by atoms with van der Waals surface area (Å²) in [5.74, 6) is 0.717. The van der Waals surface area contributed by atoms with Gasteiger partial charge in [-0.1, -0.05) is 42.8 Å². The third-order valence-electron chi connectivity index (χ3n) is 5.68. The molecule has 0 saturated carbocycles. The van der Waals surface area contributed by atoms with Crippen LogP contribution in [0.25, 0.3) is 0 Å². The molecule has 6 heteroatoms. The van der Waals surface area contributed by atoms with E-state index >= 15 is 0 Å². The number of carbonyl (C=O) groups is 1. The number of hydrogen-bond acceptors (Lipinski definition) is 3. The van der Waals surface area contributed by atoms with Crippen molar-refractivity contribution in [1.29, 1.82) is 0 Å². The zero-order chi connectivity index (χ0) is 21.9. The molecule has 3 rings (SSSR count). The standard InChI is InChI=1S/C25H35N5O/c1-26-24(31)23-8-6-7-20(17-23)13-14-28-25(27-2)29-18-21-9-11-22(12-10-21)19-30-15-4-3-5-16-30/h6-12,17H,3-5,13-16,18-19H2,1-2H3,(H,26,31)(H2,27,28,29). The van der Waals surface area contributed by atoms with E-state index in [0.717, 1.165) is 37.6 Å². The zero-order valence-corrected chi connectivity index (χ0v) is 18.8.